The van der Waals surface area contributed by atoms with E-state index in [-0.39, 0.29) is 24.4 Å². The Balaban J connectivity index is 0.00000264. The summed E-state index contributed by atoms with van der Waals surface area (Å²) in [5.41, 5.74) is 9.73. The van der Waals surface area contributed by atoms with E-state index in [0.717, 1.165) is 17.8 Å². The third kappa shape index (κ3) is 5.94. The first-order valence-corrected chi connectivity index (χ1v) is 8.38. The van der Waals surface area contributed by atoms with E-state index in [2.05, 4.69) is 42.3 Å². The van der Waals surface area contributed by atoms with Gasteiger partial charge >= 0.3 is 0 Å². The Morgan fingerprint density at radius 3 is 2.57 bits per heavy atom. The predicted molar refractivity (Wildman–Crippen MR) is 98.7 cm³/mol. The van der Waals surface area contributed by atoms with Crippen molar-refractivity contribution in [2.45, 2.75) is 39.7 Å². The molecule has 0 saturated heterocycles. The lowest BCUT2D eigenvalue weighted by Gasteiger charge is -2.14. The van der Waals surface area contributed by atoms with Gasteiger partial charge in [0, 0.05) is 17.8 Å². The van der Waals surface area contributed by atoms with Gasteiger partial charge in [0.25, 0.3) is 5.91 Å². The molecule has 1 unspecified atom stereocenters. The SMILES string of the molecule is Cc1cc(C)cc(CC(C)NC(=O)c2csc(CCN)n2)c1.Cl. The number of hydrogen-bond donors (Lipinski definition) is 2. The van der Waals surface area contributed by atoms with Gasteiger partial charge in [-0.1, -0.05) is 29.3 Å². The van der Waals surface area contributed by atoms with Crippen LogP contribution in [-0.2, 0) is 12.8 Å². The minimum Gasteiger partial charge on any atom is -0.348 e. The van der Waals surface area contributed by atoms with E-state index < -0.39 is 0 Å². The number of benzene rings is 1. The monoisotopic (exact) mass is 353 g/mol. The molecule has 0 spiro atoms. The molecular weight excluding hydrogens is 330 g/mol. The maximum absolute atomic E-state index is 12.2. The number of aryl methyl sites for hydroxylation is 2. The van der Waals surface area contributed by atoms with Crippen molar-refractivity contribution in [3.05, 3.63) is 51.0 Å². The maximum atomic E-state index is 12.2. The Bertz CT molecular complexity index is 637. The molecule has 1 atom stereocenters. The molecule has 2 aromatic rings. The number of hydrogen-bond acceptors (Lipinski definition) is 4. The Kier molecular flexibility index (Phi) is 7.68. The number of aromatic nitrogens is 1. The second-order valence-corrected chi connectivity index (χ2v) is 6.68. The zero-order valence-electron chi connectivity index (χ0n) is 13.8. The highest BCUT2D eigenvalue weighted by Crippen LogP contribution is 2.12. The third-order valence-corrected chi connectivity index (χ3v) is 4.25. The molecule has 0 radical (unpaired) electrons. The molecule has 126 valence electrons. The Labute approximate surface area is 147 Å². The van der Waals surface area contributed by atoms with E-state index in [1.807, 2.05) is 6.92 Å². The van der Waals surface area contributed by atoms with Gasteiger partial charge in [-0.3, -0.25) is 4.79 Å². The van der Waals surface area contributed by atoms with Crippen molar-refractivity contribution in [3.8, 4) is 0 Å². The molecule has 4 nitrogen and oxygen atoms in total. The van der Waals surface area contributed by atoms with E-state index >= 15 is 0 Å². The highest BCUT2D eigenvalue weighted by Gasteiger charge is 2.14. The summed E-state index contributed by atoms with van der Waals surface area (Å²) in [7, 11) is 0. The molecule has 2 rings (SSSR count). The van der Waals surface area contributed by atoms with Crippen molar-refractivity contribution in [3.63, 3.8) is 0 Å². The molecule has 0 aliphatic carbocycles. The van der Waals surface area contributed by atoms with Gasteiger partial charge in [0.2, 0.25) is 0 Å². The fraction of sp³-hybridized carbons (Fsp3) is 0.412. The van der Waals surface area contributed by atoms with E-state index in [9.17, 15) is 4.79 Å². The maximum Gasteiger partial charge on any atom is 0.270 e. The van der Waals surface area contributed by atoms with Gasteiger partial charge in [-0.2, -0.15) is 0 Å². The van der Waals surface area contributed by atoms with Gasteiger partial charge in [-0.05, 0) is 39.3 Å². The number of amides is 1. The van der Waals surface area contributed by atoms with Gasteiger partial charge in [-0.15, -0.1) is 23.7 Å². The highest BCUT2D eigenvalue weighted by atomic mass is 35.5. The number of halogens is 1. The summed E-state index contributed by atoms with van der Waals surface area (Å²) in [5.74, 6) is -0.114. The fourth-order valence-electron chi connectivity index (χ4n) is 2.54. The van der Waals surface area contributed by atoms with Gasteiger partial charge in [0.05, 0.1) is 5.01 Å². The Morgan fingerprint density at radius 1 is 1.30 bits per heavy atom. The Hall–Kier alpha value is -1.43. The van der Waals surface area contributed by atoms with Gasteiger partial charge in [0.15, 0.2) is 0 Å². The molecule has 0 aliphatic heterocycles. The first kappa shape index (κ1) is 19.6. The van der Waals surface area contributed by atoms with E-state index in [0.29, 0.717) is 12.2 Å². The number of carbonyl (C=O) groups excluding carboxylic acids is 1. The number of thiazole rings is 1. The van der Waals surface area contributed by atoms with Crippen LogP contribution < -0.4 is 11.1 Å². The molecule has 1 amide bonds. The van der Waals surface area contributed by atoms with E-state index in [1.165, 1.54) is 28.0 Å². The lowest BCUT2D eigenvalue weighted by molar-refractivity contribution is 0.0935. The third-order valence-electron chi connectivity index (χ3n) is 3.34. The summed E-state index contributed by atoms with van der Waals surface area (Å²) >= 11 is 1.49. The molecule has 1 aromatic heterocycles. The number of nitrogens with one attached hydrogen (secondary N) is 1. The molecule has 0 fully saturated rings. The largest absolute Gasteiger partial charge is 0.348 e. The molecule has 0 aliphatic rings. The summed E-state index contributed by atoms with van der Waals surface area (Å²) in [6.45, 7) is 6.75. The minimum atomic E-state index is -0.114. The molecular formula is C17H24ClN3OS. The van der Waals surface area contributed by atoms with Gasteiger partial charge in [0.1, 0.15) is 5.69 Å². The van der Waals surface area contributed by atoms with Crippen molar-refractivity contribution in [1.82, 2.24) is 10.3 Å². The smallest absolute Gasteiger partial charge is 0.270 e. The van der Waals surface area contributed by atoms with Crippen LogP contribution in [0.1, 0.15) is 39.1 Å². The number of carbonyl (C=O) groups is 1. The van der Waals surface area contributed by atoms with Gasteiger partial charge in [-0.25, -0.2) is 4.98 Å². The number of nitrogens with zero attached hydrogens (tertiary/aromatic N) is 1. The summed E-state index contributed by atoms with van der Waals surface area (Å²) in [4.78, 5) is 16.5. The predicted octanol–water partition coefficient (Wildman–Crippen LogP) is 3.04. The number of nitrogens with two attached hydrogens (primary N) is 1. The van der Waals surface area contributed by atoms with Crippen molar-refractivity contribution in [1.29, 1.82) is 0 Å². The average molecular weight is 354 g/mol. The molecule has 1 heterocycles. The van der Waals surface area contributed by atoms with Crippen LogP contribution in [0.25, 0.3) is 0 Å². The second-order valence-electron chi connectivity index (χ2n) is 5.74. The molecule has 1 aromatic carbocycles. The normalized spacial score (nSPS) is 11.7. The van der Waals surface area contributed by atoms with Crippen molar-refractivity contribution in [2.75, 3.05) is 6.54 Å². The van der Waals surface area contributed by atoms with Crippen LogP contribution in [-0.4, -0.2) is 23.5 Å². The van der Waals surface area contributed by atoms with Crippen LogP contribution in [0.4, 0.5) is 0 Å². The molecule has 23 heavy (non-hydrogen) atoms. The molecule has 3 N–H and O–H groups in total. The lowest BCUT2D eigenvalue weighted by Crippen LogP contribution is -2.34. The molecule has 6 heteroatoms. The van der Waals surface area contributed by atoms with E-state index in [4.69, 9.17) is 5.73 Å². The van der Waals surface area contributed by atoms with Crippen LogP contribution in [0.5, 0.6) is 0 Å². The zero-order valence-corrected chi connectivity index (χ0v) is 15.4. The second kappa shape index (κ2) is 9.01. The summed E-state index contributed by atoms with van der Waals surface area (Å²) in [5, 5.41) is 5.72. The topological polar surface area (TPSA) is 68.0 Å². The number of rotatable bonds is 6. The summed E-state index contributed by atoms with van der Waals surface area (Å²) in [6.07, 6.45) is 1.53. The zero-order chi connectivity index (χ0) is 16.1. The van der Waals surface area contributed by atoms with Crippen LogP contribution in [0.3, 0.4) is 0 Å². The van der Waals surface area contributed by atoms with Gasteiger partial charge < -0.3 is 11.1 Å². The molecule has 0 bridgehead atoms. The quantitative estimate of drug-likeness (QED) is 0.838. The fourth-order valence-corrected chi connectivity index (χ4v) is 3.34. The van der Waals surface area contributed by atoms with Crippen molar-refractivity contribution >= 4 is 29.7 Å². The van der Waals surface area contributed by atoms with Crippen molar-refractivity contribution in [2.24, 2.45) is 5.73 Å². The standard InChI is InChI=1S/C17H23N3OS.ClH/c1-11-6-12(2)8-14(7-11)9-13(3)19-17(21)15-10-22-16(20-15)4-5-18;/h6-8,10,13H,4-5,9,18H2,1-3H3,(H,19,21);1H. The van der Waals surface area contributed by atoms with Crippen molar-refractivity contribution < 1.29 is 4.79 Å². The highest BCUT2D eigenvalue weighted by molar-refractivity contribution is 7.09. The lowest BCUT2D eigenvalue weighted by atomic mass is 10.0. The average Bonchev–Trinajstić information content (AvgIpc) is 2.86. The summed E-state index contributed by atoms with van der Waals surface area (Å²) in [6, 6.07) is 6.55. The first-order chi connectivity index (χ1) is 10.5. The summed E-state index contributed by atoms with van der Waals surface area (Å²) < 4.78 is 0. The molecule has 0 saturated carbocycles. The minimum absolute atomic E-state index is 0. The first-order valence-electron chi connectivity index (χ1n) is 7.50. The van der Waals surface area contributed by atoms with Crippen LogP contribution in [0.15, 0.2) is 23.6 Å². The Morgan fingerprint density at radius 2 is 1.96 bits per heavy atom. The van der Waals surface area contributed by atoms with Crippen LogP contribution in [0.2, 0.25) is 0 Å². The van der Waals surface area contributed by atoms with Crippen LogP contribution in [0, 0.1) is 13.8 Å². The van der Waals surface area contributed by atoms with Crippen LogP contribution >= 0.6 is 23.7 Å². The van der Waals surface area contributed by atoms with E-state index in [1.54, 1.807) is 5.38 Å².